The molecule has 0 aromatic heterocycles. The van der Waals surface area contributed by atoms with E-state index in [9.17, 15) is 19.8 Å². The summed E-state index contributed by atoms with van der Waals surface area (Å²) in [6.45, 7) is 4.84. The number of hydrogen-bond acceptors (Lipinski definition) is 2. The maximum atomic E-state index is 11.3. The first kappa shape index (κ1) is 19.3. The minimum Gasteiger partial charge on any atom is -0.478 e. The van der Waals surface area contributed by atoms with Gasteiger partial charge in [-0.05, 0) is 95.6 Å². The van der Waals surface area contributed by atoms with E-state index in [1.165, 1.54) is 17.5 Å². The van der Waals surface area contributed by atoms with Gasteiger partial charge in [0, 0.05) is 0 Å². The zero-order valence-corrected chi connectivity index (χ0v) is 17.6. The number of carboxylic acids is 2. The van der Waals surface area contributed by atoms with Gasteiger partial charge in [0.15, 0.2) is 0 Å². The fraction of sp³-hybridized carbons (Fsp3) is 0.462. The minimum absolute atomic E-state index is 0.0424. The zero-order chi connectivity index (χ0) is 21.4. The van der Waals surface area contributed by atoms with Gasteiger partial charge in [0.05, 0.1) is 11.1 Å². The quantitative estimate of drug-likeness (QED) is 0.690. The van der Waals surface area contributed by atoms with Crippen LogP contribution in [0.3, 0.4) is 0 Å². The van der Waals surface area contributed by atoms with Crippen LogP contribution in [0.2, 0.25) is 0 Å². The third kappa shape index (κ3) is 2.80. The molecular weight excluding hydrogens is 376 g/mol. The molecule has 30 heavy (non-hydrogen) atoms. The first-order valence-corrected chi connectivity index (χ1v) is 10.7. The maximum absolute atomic E-state index is 11.3. The third-order valence-corrected chi connectivity index (χ3v) is 8.08. The van der Waals surface area contributed by atoms with Gasteiger partial charge in [-0.15, -0.1) is 0 Å². The fourth-order valence-corrected chi connectivity index (χ4v) is 8.24. The first-order valence-electron chi connectivity index (χ1n) is 10.7. The highest BCUT2D eigenvalue weighted by molar-refractivity contribution is 5.88. The Morgan fingerprint density at radius 3 is 1.23 bits per heavy atom. The molecule has 0 heterocycles. The second kappa shape index (κ2) is 5.96. The largest absolute Gasteiger partial charge is 0.478 e. The van der Waals surface area contributed by atoms with Gasteiger partial charge >= 0.3 is 11.9 Å². The zero-order valence-electron chi connectivity index (χ0n) is 17.6. The Hall–Kier alpha value is -2.62. The van der Waals surface area contributed by atoms with Crippen LogP contribution in [0.5, 0.6) is 0 Å². The molecule has 4 saturated carbocycles. The highest BCUT2D eigenvalue weighted by atomic mass is 16.4. The van der Waals surface area contributed by atoms with Gasteiger partial charge in [-0.25, -0.2) is 9.59 Å². The van der Waals surface area contributed by atoms with Crippen molar-refractivity contribution in [2.24, 2.45) is 10.8 Å². The van der Waals surface area contributed by atoms with Crippen LogP contribution >= 0.6 is 0 Å². The highest BCUT2D eigenvalue weighted by Gasteiger charge is 2.66. The predicted octanol–water partition coefficient (Wildman–Crippen LogP) is 5.65. The molecule has 2 N–H and O–H groups in total. The van der Waals surface area contributed by atoms with Crippen molar-refractivity contribution < 1.29 is 19.8 Å². The molecule has 2 aromatic rings. The summed E-state index contributed by atoms with van der Waals surface area (Å²) in [6.07, 6.45) is 6.82. The third-order valence-electron chi connectivity index (χ3n) is 8.08. The molecule has 4 aliphatic carbocycles. The van der Waals surface area contributed by atoms with E-state index in [2.05, 4.69) is 13.8 Å². The Kier molecular flexibility index (Phi) is 3.85. The molecule has 4 bridgehead atoms. The normalized spacial score (nSPS) is 36.6. The first-order chi connectivity index (χ1) is 14.1. The second-order valence-electron chi connectivity index (χ2n) is 11.0. The van der Waals surface area contributed by atoms with Crippen molar-refractivity contribution in [3.63, 3.8) is 0 Å². The summed E-state index contributed by atoms with van der Waals surface area (Å²) in [5.41, 5.74) is 3.74. The van der Waals surface area contributed by atoms with Crippen LogP contribution in [0.4, 0.5) is 0 Å². The van der Waals surface area contributed by atoms with Gasteiger partial charge in [0.1, 0.15) is 0 Å². The lowest BCUT2D eigenvalue weighted by Gasteiger charge is -2.70. The van der Waals surface area contributed by atoms with Crippen molar-refractivity contribution in [2.75, 3.05) is 0 Å². The van der Waals surface area contributed by atoms with E-state index >= 15 is 0 Å². The summed E-state index contributed by atoms with van der Waals surface area (Å²) in [6, 6.07) is 15.1. The average molecular weight is 405 g/mol. The standard InChI is InChI=1S/C26H28O4/c1-23-11-24(2)14-25(12-23,19-7-3-17(4-8-19)21(27)28)16-26(13-23,15-24)20-9-5-18(6-10-20)22(29)30/h3-10H,11-16H2,1-2H3,(H,27,28)(H,29,30). The molecule has 0 amide bonds. The van der Waals surface area contributed by atoms with Crippen LogP contribution in [0.15, 0.2) is 48.5 Å². The molecule has 6 rings (SSSR count). The number of carbonyl (C=O) groups is 2. The average Bonchev–Trinajstić information content (AvgIpc) is 2.65. The summed E-state index contributed by atoms with van der Waals surface area (Å²) in [7, 11) is 0. The van der Waals surface area contributed by atoms with Crippen LogP contribution in [0, 0.1) is 10.8 Å². The number of rotatable bonds is 4. The molecule has 2 aromatic carbocycles. The number of carboxylic acid groups (broad SMARTS) is 2. The predicted molar refractivity (Wildman–Crippen MR) is 114 cm³/mol. The van der Waals surface area contributed by atoms with Crippen molar-refractivity contribution in [3.05, 3.63) is 70.8 Å². The van der Waals surface area contributed by atoms with Gasteiger partial charge in [-0.3, -0.25) is 0 Å². The van der Waals surface area contributed by atoms with E-state index < -0.39 is 11.9 Å². The van der Waals surface area contributed by atoms with Crippen molar-refractivity contribution in [3.8, 4) is 0 Å². The van der Waals surface area contributed by atoms with Gasteiger partial charge in [-0.1, -0.05) is 38.1 Å². The lowest BCUT2D eigenvalue weighted by Crippen LogP contribution is -2.62. The molecule has 0 unspecified atom stereocenters. The number of benzene rings is 2. The molecule has 0 saturated heterocycles. The van der Waals surface area contributed by atoms with Crippen LogP contribution in [0.25, 0.3) is 0 Å². The van der Waals surface area contributed by atoms with Gasteiger partial charge in [-0.2, -0.15) is 0 Å². The molecule has 4 heteroatoms. The second-order valence-corrected chi connectivity index (χ2v) is 11.0. The van der Waals surface area contributed by atoms with Gasteiger partial charge < -0.3 is 10.2 Å². The van der Waals surface area contributed by atoms with Crippen LogP contribution in [0.1, 0.15) is 84.2 Å². The molecule has 156 valence electrons. The van der Waals surface area contributed by atoms with Crippen LogP contribution in [-0.2, 0) is 10.8 Å². The Morgan fingerprint density at radius 1 is 0.600 bits per heavy atom. The molecule has 0 radical (unpaired) electrons. The Balaban J connectivity index is 1.61. The lowest BCUT2D eigenvalue weighted by molar-refractivity contribution is -0.126. The van der Waals surface area contributed by atoms with E-state index in [1.54, 1.807) is 24.3 Å². The molecule has 0 aliphatic heterocycles. The fourth-order valence-electron chi connectivity index (χ4n) is 8.24. The summed E-state index contributed by atoms with van der Waals surface area (Å²) in [5, 5.41) is 18.6. The van der Waals surface area contributed by atoms with E-state index in [1.807, 2.05) is 24.3 Å². The lowest BCUT2D eigenvalue weighted by atomic mass is 9.34. The number of hydrogen-bond donors (Lipinski definition) is 2. The summed E-state index contributed by atoms with van der Waals surface area (Å²) >= 11 is 0. The van der Waals surface area contributed by atoms with Crippen LogP contribution < -0.4 is 0 Å². The minimum atomic E-state index is -0.888. The van der Waals surface area contributed by atoms with Crippen LogP contribution in [-0.4, -0.2) is 22.2 Å². The molecule has 4 aliphatic rings. The Labute approximate surface area is 176 Å². The smallest absolute Gasteiger partial charge is 0.335 e. The Morgan fingerprint density at radius 2 is 0.933 bits per heavy atom. The van der Waals surface area contributed by atoms with Crippen molar-refractivity contribution >= 4 is 11.9 Å². The van der Waals surface area contributed by atoms with Crippen molar-refractivity contribution in [1.82, 2.24) is 0 Å². The van der Waals surface area contributed by atoms with Crippen molar-refractivity contribution in [1.29, 1.82) is 0 Å². The summed E-state index contributed by atoms with van der Waals surface area (Å²) in [5.74, 6) is -1.78. The molecule has 0 spiro atoms. The maximum Gasteiger partial charge on any atom is 0.335 e. The van der Waals surface area contributed by atoms with Gasteiger partial charge in [0.25, 0.3) is 0 Å². The number of aromatic carboxylic acids is 2. The molecular formula is C26H28O4. The van der Waals surface area contributed by atoms with E-state index in [-0.39, 0.29) is 21.7 Å². The summed E-state index contributed by atoms with van der Waals surface area (Å²) in [4.78, 5) is 22.7. The van der Waals surface area contributed by atoms with E-state index in [0.29, 0.717) is 11.1 Å². The molecule has 0 atom stereocenters. The summed E-state index contributed by atoms with van der Waals surface area (Å²) < 4.78 is 0. The monoisotopic (exact) mass is 404 g/mol. The van der Waals surface area contributed by atoms with Gasteiger partial charge in [0.2, 0.25) is 0 Å². The van der Waals surface area contributed by atoms with E-state index in [0.717, 1.165) is 32.1 Å². The topological polar surface area (TPSA) is 74.6 Å². The molecule has 4 nitrogen and oxygen atoms in total. The Bertz CT molecular complexity index is 936. The van der Waals surface area contributed by atoms with Crippen molar-refractivity contribution in [2.45, 2.75) is 63.2 Å². The highest BCUT2D eigenvalue weighted by Crippen LogP contribution is 2.74. The van der Waals surface area contributed by atoms with E-state index in [4.69, 9.17) is 0 Å². The molecule has 4 fully saturated rings. The SMILES string of the molecule is CC12CC3(C)CC(c4ccc(C(=O)O)cc4)(C1)CC(c1ccc(C(=O)O)cc1)(C2)C3.